The van der Waals surface area contributed by atoms with E-state index in [1.807, 2.05) is 44.1 Å². The van der Waals surface area contributed by atoms with Gasteiger partial charge in [-0.05, 0) is 58.6 Å². The van der Waals surface area contributed by atoms with Crippen LogP contribution in [-0.4, -0.2) is 102 Å². The molecule has 0 saturated heterocycles. The minimum Gasteiger partial charge on any atom is -0.508 e. The molecule has 1 unspecified atom stereocenters. The highest BCUT2D eigenvalue weighted by molar-refractivity contribution is 6.24. The predicted octanol–water partition coefficient (Wildman–Crippen LogP) is 0.0916. The number of nitrogens with zero attached hydrogens (tertiary/aromatic N) is 3. The Labute approximate surface area is 215 Å². The van der Waals surface area contributed by atoms with Gasteiger partial charge in [0.05, 0.1) is 11.6 Å². The molecule has 0 spiro atoms. The molecule has 1 saturated carbocycles. The van der Waals surface area contributed by atoms with Crippen molar-refractivity contribution >= 4 is 28.9 Å². The van der Waals surface area contributed by atoms with Crippen LogP contribution in [0, 0.1) is 11.8 Å². The number of aliphatic hydroxyl groups is 3. The van der Waals surface area contributed by atoms with E-state index in [2.05, 4.69) is 0 Å². The highest BCUT2D eigenvalue weighted by Gasteiger charge is 2.64. The molecule has 3 aliphatic rings. The zero-order valence-electron chi connectivity index (χ0n) is 21.9. The van der Waals surface area contributed by atoms with Gasteiger partial charge in [0.1, 0.15) is 22.8 Å². The van der Waals surface area contributed by atoms with Crippen LogP contribution in [-0.2, 0) is 27.3 Å². The molecule has 0 heterocycles. The molecule has 1 amide bonds. The normalized spacial score (nSPS) is 27.4. The monoisotopic (exact) mass is 514 g/mol. The summed E-state index contributed by atoms with van der Waals surface area (Å²) in [6.07, 6.45) is 0.302. The van der Waals surface area contributed by atoms with Crippen molar-refractivity contribution in [2.24, 2.45) is 17.6 Å². The third kappa shape index (κ3) is 3.72. The molecular formula is C26H34N4O7. The third-order valence-corrected chi connectivity index (χ3v) is 7.74. The molecule has 4 atom stereocenters. The van der Waals surface area contributed by atoms with Gasteiger partial charge in [-0.2, -0.15) is 0 Å². The average Bonchev–Trinajstić information content (AvgIpc) is 2.77. The topological polar surface area (TPSA) is 168 Å². The number of rotatable bonds is 5. The van der Waals surface area contributed by atoms with Crippen molar-refractivity contribution in [2.75, 3.05) is 47.2 Å². The first-order valence-electron chi connectivity index (χ1n) is 12.0. The first-order valence-corrected chi connectivity index (χ1v) is 12.0. The number of primary amides is 1. The van der Waals surface area contributed by atoms with Crippen LogP contribution in [0.3, 0.4) is 0 Å². The Balaban J connectivity index is 2.00. The van der Waals surface area contributed by atoms with Crippen LogP contribution in [0.2, 0.25) is 0 Å². The van der Waals surface area contributed by atoms with Crippen molar-refractivity contribution in [3.05, 3.63) is 39.7 Å². The number of benzene rings is 1. The molecule has 0 aromatic heterocycles. The predicted molar refractivity (Wildman–Crippen MR) is 136 cm³/mol. The van der Waals surface area contributed by atoms with Crippen molar-refractivity contribution in [1.29, 1.82) is 0 Å². The third-order valence-electron chi connectivity index (χ3n) is 7.74. The van der Waals surface area contributed by atoms with Crippen molar-refractivity contribution in [1.82, 2.24) is 9.80 Å². The fraction of sp³-hybridized carbons (Fsp3) is 0.500. The van der Waals surface area contributed by atoms with E-state index in [1.165, 1.54) is 4.90 Å². The number of phenols is 1. The zero-order chi connectivity index (χ0) is 27.7. The highest BCUT2D eigenvalue weighted by atomic mass is 16.3. The molecule has 1 aromatic rings. The second-order valence-electron chi connectivity index (χ2n) is 10.9. The SMILES string of the molecule is CN(C)Cc1cc(N(C)C)c2c(c1O)C(O)=C1C(=O)[C@]3(O)C(O)=C(C(N)=O)C(=O)C(N(C)C)[C@@H]3C[C@@H]1C2. The molecule has 11 heteroatoms. The molecule has 6 N–H and O–H groups in total. The molecule has 37 heavy (non-hydrogen) atoms. The molecule has 1 aromatic carbocycles. The number of anilines is 1. The molecule has 0 radical (unpaired) electrons. The van der Waals surface area contributed by atoms with Crippen molar-refractivity contribution in [3.8, 4) is 5.75 Å². The maximum Gasteiger partial charge on any atom is 0.255 e. The van der Waals surface area contributed by atoms with Gasteiger partial charge in [-0.1, -0.05) is 0 Å². The molecule has 3 aliphatic carbocycles. The van der Waals surface area contributed by atoms with E-state index < -0.39 is 58.0 Å². The number of phenolic OH excluding ortho intramolecular Hbond substituents is 1. The summed E-state index contributed by atoms with van der Waals surface area (Å²) in [5, 5.41) is 45.3. The number of fused-ring (bicyclic) bond motifs is 3. The van der Waals surface area contributed by atoms with E-state index in [4.69, 9.17) is 5.73 Å². The molecule has 0 aliphatic heterocycles. The lowest BCUT2D eigenvalue weighted by atomic mass is 9.57. The second-order valence-corrected chi connectivity index (χ2v) is 10.9. The first kappa shape index (κ1) is 26.6. The average molecular weight is 515 g/mol. The van der Waals surface area contributed by atoms with E-state index >= 15 is 0 Å². The summed E-state index contributed by atoms with van der Waals surface area (Å²) < 4.78 is 0. The van der Waals surface area contributed by atoms with E-state index in [9.17, 15) is 34.8 Å². The summed E-state index contributed by atoms with van der Waals surface area (Å²) in [7, 11) is 10.5. The maximum absolute atomic E-state index is 13.9. The fourth-order valence-corrected chi connectivity index (χ4v) is 6.21. The molecule has 200 valence electrons. The number of Topliss-reactive ketones (excluding diaryl/α,β-unsaturated/α-hetero) is 2. The molecule has 4 rings (SSSR count). The van der Waals surface area contributed by atoms with E-state index in [0.717, 1.165) is 5.69 Å². The summed E-state index contributed by atoms with van der Waals surface area (Å²) in [4.78, 5) is 44.4. The Bertz CT molecular complexity index is 1280. The Kier molecular flexibility index (Phi) is 6.38. The van der Waals surface area contributed by atoms with Crippen molar-refractivity contribution < 1.29 is 34.8 Å². The number of aromatic hydroxyl groups is 1. The minimum atomic E-state index is -2.65. The largest absolute Gasteiger partial charge is 0.508 e. The van der Waals surface area contributed by atoms with Gasteiger partial charge in [-0.15, -0.1) is 0 Å². The zero-order valence-corrected chi connectivity index (χ0v) is 21.9. The van der Waals surface area contributed by atoms with Gasteiger partial charge in [0.15, 0.2) is 11.4 Å². The van der Waals surface area contributed by atoms with Crippen molar-refractivity contribution in [2.45, 2.75) is 31.0 Å². The quantitative estimate of drug-likeness (QED) is 0.340. The van der Waals surface area contributed by atoms with Crippen LogP contribution in [0.25, 0.3) is 5.76 Å². The minimum absolute atomic E-state index is 0.0544. The van der Waals surface area contributed by atoms with Gasteiger partial charge in [0, 0.05) is 43.4 Å². The maximum atomic E-state index is 13.9. The van der Waals surface area contributed by atoms with Crippen LogP contribution in [0.5, 0.6) is 5.75 Å². The number of carbonyl (C=O) groups is 3. The Morgan fingerprint density at radius 1 is 1.11 bits per heavy atom. The van der Waals surface area contributed by atoms with Crippen molar-refractivity contribution in [3.63, 3.8) is 0 Å². The summed E-state index contributed by atoms with van der Waals surface area (Å²) in [5.41, 5.74) is 3.75. The fourth-order valence-electron chi connectivity index (χ4n) is 6.21. The number of hydrogen-bond donors (Lipinski definition) is 5. The Morgan fingerprint density at radius 3 is 2.24 bits per heavy atom. The molecule has 1 fully saturated rings. The lowest BCUT2D eigenvalue weighted by Crippen LogP contribution is -2.65. The number of hydrogen-bond acceptors (Lipinski definition) is 10. The number of likely N-dealkylation sites (N-methyl/N-ethyl adjacent to an activating group) is 1. The van der Waals surface area contributed by atoms with E-state index in [0.29, 0.717) is 17.7 Å². The number of amides is 1. The molecule has 0 bridgehead atoms. The number of ketones is 2. The van der Waals surface area contributed by atoms with Gasteiger partial charge >= 0.3 is 0 Å². The first-order chi connectivity index (χ1) is 17.1. The summed E-state index contributed by atoms with van der Waals surface area (Å²) in [6, 6.07) is 0.732. The van der Waals surface area contributed by atoms with Gasteiger partial charge in [0.25, 0.3) is 5.91 Å². The van der Waals surface area contributed by atoms with Crippen LogP contribution >= 0.6 is 0 Å². The summed E-state index contributed by atoms with van der Waals surface area (Å²) in [5.74, 6) is -6.52. The van der Waals surface area contributed by atoms with Crippen LogP contribution in [0.1, 0.15) is 23.1 Å². The van der Waals surface area contributed by atoms with Crippen LogP contribution in [0.4, 0.5) is 5.69 Å². The second kappa shape index (κ2) is 8.86. The Hall–Kier alpha value is -3.41. The number of aliphatic hydroxyl groups excluding tert-OH is 2. The molecular weight excluding hydrogens is 480 g/mol. The molecule has 11 nitrogen and oxygen atoms in total. The van der Waals surface area contributed by atoms with Gasteiger partial charge < -0.3 is 36.0 Å². The summed E-state index contributed by atoms with van der Waals surface area (Å²) >= 11 is 0. The lowest BCUT2D eigenvalue weighted by molar-refractivity contribution is -0.153. The number of carbonyl (C=O) groups excluding carboxylic acids is 3. The van der Waals surface area contributed by atoms with Crippen LogP contribution < -0.4 is 10.6 Å². The van der Waals surface area contributed by atoms with Gasteiger partial charge in [-0.3, -0.25) is 19.3 Å². The Morgan fingerprint density at radius 2 is 1.73 bits per heavy atom. The lowest BCUT2D eigenvalue weighted by Gasteiger charge is -2.50. The van der Waals surface area contributed by atoms with E-state index in [-0.39, 0.29) is 29.7 Å². The van der Waals surface area contributed by atoms with Gasteiger partial charge in [0.2, 0.25) is 5.78 Å². The standard InChI is InChI=1S/C26H34N4O7/c1-28(2)10-12-9-15(29(3)4)13-7-11-8-14-19(30(5)6)22(33)18(25(27)36)24(35)26(14,37)23(34)16(11)21(32)17(13)20(12)31/h9,11,14,19,31-32,35,37H,7-8,10H2,1-6H3,(H2,27,36)/t11-,14-,19?,26-/m0/s1. The smallest absolute Gasteiger partial charge is 0.255 e. The van der Waals surface area contributed by atoms with E-state index in [1.54, 1.807) is 14.1 Å². The highest BCUT2D eigenvalue weighted by Crippen LogP contribution is 2.54. The van der Waals surface area contributed by atoms with Gasteiger partial charge in [-0.25, -0.2) is 0 Å². The number of nitrogens with two attached hydrogens (primary N) is 1. The summed E-state index contributed by atoms with van der Waals surface area (Å²) in [6.45, 7) is 0.365. The van der Waals surface area contributed by atoms with Crippen LogP contribution in [0.15, 0.2) is 23.0 Å².